The van der Waals surface area contributed by atoms with Crippen molar-refractivity contribution in [3.05, 3.63) is 52.3 Å². The minimum atomic E-state index is -0.0572. The maximum absolute atomic E-state index is 12.2. The summed E-state index contributed by atoms with van der Waals surface area (Å²) in [5.74, 6) is -0.0572. The highest BCUT2D eigenvalue weighted by molar-refractivity contribution is 6.06. The molecule has 0 aliphatic carbocycles. The monoisotopic (exact) mass is 242 g/mol. The number of benzene rings is 1. The SMILES string of the molecule is Cc1ccc(NC(=O)c2c(C)[nH]c(C)c2C)cc1. The van der Waals surface area contributed by atoms with Crippen molar-refractivity contribution in [2.24, 2.45) is 0 Å². The van der Waals surface area contributed by atoms with Crippen LogP contribution in [0.25, 0.3) is 0 Å². The average molecular weight is 242 g/mol. The molecule has 2 aromatic rings. The fourth-order valence-electron chi connectivity index (χ4n) is 2.08. The number of aryl methyl sites for hydroxylation is 3. The molecule has 0 radical (unpaired) electrons. The van der Waals surface area contributed by atoms with Gasteiger partial charge in [0.2, 0.25) is 0 Å². The number of hydrogen-bond acceptors (Lipinski definition) is 1. The third-order valence-electron chi connectivity index (χ3n) is 3.22. The lowest BCUT2D eigenvalue weighted by Gasteiger charge is -2.06. The maximum Gasteiger partial charge on any atom is 0.257 e. The van der Waals surface area contributed by atoms with Gasteiger partial charge < -0.3 is 10.3 Å². The lowest BCUT2D eigenvalue weighted by atomic mass is 10.1. The normalized spacial score (nSPS) is 10.4. The number of carbonyl (C=O) groups excluding carboxylic acids is 1. The molecule has 2 rings (SSSR count). The van der Waals surface area contributed by atoms with Crippen molar-refractivity contribution < 1.29 is 4.79 Å². The number of amides is 1. The van der Waals surface area contributed by atoms with Gasteiger partial charge in [0.15, 0.2) is 0 Å². The van der Waals surface area contributed by atoms with Crippen LogP contribution in [0.2, 0.25) is 0 Å². The Morgan fingerprint density at radius 3 is 2.11 bits per heavy atom. The van der Waals surface area contributed by atoms with Crippen molar-refractivity contribution in [1.82, 2.24) is 4.98 Å². The fourth-order valence-corrected chi connectivity index (χ4v) is 2.08. The maximum atomic E-state index is 12.2. The Balaban J connectivity index is 2.24. The zero-order chi connectivity index (χ0) is 13.3. The van der Waals surface area contributed by atoms with E-state index in [1.54, 1.807) is 0 Å². The van der Waals surface area contributed by atoms with Crippen LogP contribution in [0.1, 0.15) is 32.9 Å². The molecule has 2 N–H and O–H groups in total. The largest absolute Gasteiger partial charge is 0.362 e. The van der Waals surface area contributed by atoms with Gasteiger partial charge in [0.25, 0.3) is 5.91 Å². The lowest BCUT2D eigenvalue weighted by molar-refractivity contribution is 0.102. The molecule has 94 valence electrons. The summed E-state index contributed by atoms with van der Waals surface area (Å²) in [6, 6.07) is 7.80. The quantitative estimate of drug-likeness (QED) is 0.831. The molecular formula is C15H18N2O. The molecule has 0 atom stereocenters. The van der Waals surface area contributed by atoms with Crippen molar-refractivity contribution in [2.75, 3.05) is 5.32 Å². The number of hydrogen-bond donors (Lipinski definition) is 2. The minimum Gasteiger partial charge on any atom is -0.362 e. The van der Waals surface area contributed by atoms with Gasteiger partial charge in [0.1, 0.15) is 0 Å². The van der Waals surface area contributed by atoms with E-state index in [1.165, 1.54) is 5.56 Å². The number of anilines is 1. The van der Waals surface area contributed by atoms with Crippen LogP contribution in [0.3, 0.4) is 0 Å². The Morgan fingerprint density at radius 2 is 1.61 bits per heavy atom. The van der Waals surface area contributed by atoms with Gasteiger partial charge in [-0.1, -0.05) is 17.7 Å². The van der Waals surface area contributed by atoms with E-state index in [0.717, 1.165) is 28.2 Å². The molecule has 3 heteroatoms. The van der Waals surface area contributed by atoms with E-state index >= 15 is 0 Å². The molecule has 0 fully saturated rings. The van der Waals surface area contributed by atoms with Gasteiger partial charge in [-0.25, -0.2) is 0 Å². The number of aromatic amines is 1. The zero-order valence-electron chi connectivity index (χ0n) is 11.2. The molecule has 0 saturated carbocycles. The molecule has 1 heterocycles. The molecule has 0 unspecified atom stereocenters. The van der Waals surface area contributed by atoms with Gasteiger partial charge in [-0.2, -0.15) is 0 Å². The van der Waals surface area contributed by atoms with E-state index in [9.17, 15) is 4.79 Å². The van der Waals surface area contributed by atoms with Crippen molar-refractivity contribution in [1.29, 1.82) is 0 Å². The van der Waals surface area contributed by atoms with Crippen molar-refractivity contribution >= 4 is 11.6 Å². The summed E-state index contributed by atoms with van der Waals surface area (Å²) in [5.41, 5.74) is 5.71. The van der Waals surface area contributed by atoms with Gasteiger partial charge in [-0.05, 0) is 45.4 Å². The van der Waals surface area contributed by atoms with Gasteiger partial charge in [-0.3, -0.25) is 4.79 Å². The summed E-state index contributed by atoms with van der Waals surface area (Å²) in [4.78, 5) is 15.4. The Kier molecular flexibility index (Phi) is 3.24. The predicted octanol–water partition coefficient (Wildman–Crippen LogP) is 3.50. The molecule has 0 saturated heterocycles. The minimum absolute atomic E-state index is 0.0572. The second kappa shape index (κ2) is 4.69. The summed E-state index contributed by atoms with van der Waals surface area (Å²) in [7, 11) is 0. The Bertz CT molecular complexity index is 579. The first-order valence-electron chi connectivity index (χ1n) is 6.03. The van der Waals surface area contributed by atoms with Gasteiger partial charge in [0, 0.05) is 17.1 Å². The third kappa shape index (κ3) is 2.30. The number of H-pyrrole nitrogens is 1. The standard InChI is InChI=1S/C15H18N2O/c1-9-5-7-13(8-6-9)17-15(18)14-10(2)11(3)16-12(14)4/h5-8,16H,1-4H3,(H,17,18). The molecule has 0 aliphatic rings. The van der Waals surface area contributed by atoms with E-state index < -0.39 is 0 Å². The fraction of sp³-hybridized carbons (Fsp3) is 0.267. The zero-order valence-corrected chi connectivity index (χ0v) is 11.2. The van der Waals surface area contributed by atoms with Gasteiger partial charge >= 0.3 is 0 Å². The smallest absolute Gasteiger partial charge is 0.257 e. The van der Waals surface area contributed by atoms with Gasteiger partial charge in [-0.15, -0.1) is 0 Å². The molecule has 1 aromatic carbocycles. The number of carbonyl (C=O) groups is 1. The Morgan fingerprint density at radius 1 is 1.00 bits per heavy atom. The number of nitrogens with one attached hydrogen (secondary N) is 2. The molecule has 3 nitrogen and oxygen atoms in total. The highest BCUT2D eigenvalue weighted by Gasteiger charge is 2.16. The van der Waals surface area contributed by atoms with Crippen molar-refractivity contribution in [3.8, 4) is 0 Å². The summed E-state index contributed by atoms with van der Waals surface area (Å²) in [6.45, 7) is 7.88. The number of aromatic nitrogens is 1. The Labute approximate surface area is 107 Å². The van der Waals surface area contributed by atoms with Crippen LogP contribution < -0.4 is 5.32 Å². The first kappa shape index (κ1) is 12.4. The van der Waals surface area contributed by atoms with Gasteiger partial charge in [0.05, 0.1) is 5.56 Å². The van der Waals surface area contributed by atoms with E-state index in [-0.39, 0.29) is 5.91 Å². The summed E-state index contributed by atoms with van der Waals surface area (Å²) in [6.07, 6.45) is 0. The molecule has 0 spiro atoms. The molecule has 1 aromatic heterocycles. The molecule has 1 amide bonds. The topological polar surface area (TPSA) is 44.9 Å². The second-order valence-electron chi connectivity index (χ2n) is 4.70. The van der Waals surface area contributed by atoms with Crippen LogP contribution in [0.4, 0.5) is 5.69 Å². The van der Waals surface area contributed by atoms with Crippen LogP contribution in [-0.2, 0) is 0 Å². The first-order chi connectivity index (χ1) is 8.49. The van der Waals surface area contributed by atoms with Crippen molar-refractivity contribution in [3.63, 3.8) is 0 Å². The van der Waals surface area contributed by atoms with Crippen LogP contribution in [0, 0.1) is 27.7 Å². The summed E-state index contributed by atoms with van der Waals surface area (Å²) in [5, 5.41) is 2.92. The van der Waals surface area contributed by atoms with E-state index in [4.69, 9.17) is 0 Å². The first-order valence-corrected chi connectivity index (χ1v) is 6.03. The average Bonchev–Trinajstić information content (AvgIpc) is 2.56. The molecule has 0 bridgehead atoms. The predicted molar refractivity (Wildman–Crippen MR) is 74.1 cm³/mol. The molecule has 0 aliphatic heterocycles. The summed E-state index contributed by atoms with van der Waals surface area (Å²) >= 11 is 0. The third-order valence-corrected chi connectivity index (χ3v) is 3.22. The highest BCUT2D eigenvalue weighted by atomic mass is 16.1. The van der Waals surface area contributed by atoms with Crippen LogP contribution in [-0.4, -0.2) is 10.9 Å². The van der Waals surface area contributed by atoms with Crippen LogP contribution >= 0.6 is 0 Å². The van der Waals surface area contributed by atoms with E-state index in [0.29, 0.717) is 0 Å². The molecule has 18 heavy (non-hydrogen) atoms. The highest BCUT2D eigenvalue weighted by Crippen LogP contribution is 2.19. The number of rotatable bonds is 2. The second-order valence-corrected chi connectivity index (χ2v) is 4.70. The summed E-state index contributed by atoms with van der Waals surface area (Å²) < 4.78 is 0. The molecular weight excluding hydrogens is 224 g/mol. The van der Waals surface area contributed by atoms with Crippen LogP contribution in [0.5, 0.6) is 0 Å². The lowest BCUT2D eigenvalue weighted by Crippen LogP contribution is -2.13. The Hall–Kier alpha value is -2.03. The van der Waals surface area contributed by atoms with Crippen LogP contribution in [0.15, 0.2) is 24.3 Å². The van der Waals surface area contributed by atoms with Crippen molar-refractivity contribution in [2.45, 2.75) is 27.7 Å². The van der Waals surface area contributed by atoms with E-state index in [2.05, 4.69) is 10.3 Å². The van der Waals surface area contributed by atoms with E-state index in [1.807, 2.05) is 52.0 Å².